The molecule has 1 aromatic rings. The van der Waals surface area contributed by atoms with Crippen LogP contribution in [0.15, 0.2) is 16.6 Å². The number of fused-ring (bicyclic) bond motifs is 1. The molecule has 0 radical (unpaired) electrons. The molecule has 3 rings (SSSR count). The monoisotopic (exact) mass is 352 g/mol. The lowest BCUT2D eigenvalue weighted by Gasteiger charge is -2.27. The van der Waals surface area contributed by atoms with Crippen LogP contribution >= 0.6 is 15.9 Å². The lowest BCUT2D eigenvalue weighted by atomic mass is 9.85. The summed E-state index contributed by atoms with van der Waals surface area (Å²) in [7, 11) is 0. The van der Waals surface area contributed by atoms with Crippen LogP contribution in [0.2, 0.25) is 0 Å². The standard InChI is InChI=1S/C16H21BrN2O2/c17-13-7-11-5-6-21-15(11)12(8-13)9-19-14-3-1-10(2-4-14)16(18)20/h7-8,10,14,19H,1-6,9H2,(H2,18,20). The molecule has 0 bridgehead atoms. The number of amides is 1. The van der Waals surface area contributed by atoms with Crippen LogP contribution in [0.5, 0.6) is 5.75 Å². The summed E-state index contributed by atoms with van der Waals surface area (Å²) in [5.41, 5.74) is 7.88. The smallest absolute Gasteiger partial charge is 0.220 e. The minimum absolute atomic E-state index is 0.0708. The molecule has 3 N–H and O–H groups in total. The topological polar surface area (TPSA) is 64.4 Å². The van der Waals surface area contributed by atoms with Gasteiger partial charge in [0.25, 0.3) is 0 Å². The number of nitrogens with one attached hydrogen (secondary N) is 1. The molecular formula is C16H21BrN2O2. The van der Waals surface area contributed by atoms with Crippen molar-refractivity contribution in [2.75, 3.05) is 6.61 Å². The Bertz CT molecular complexity index is 539. The Balaban J connectivity index is 1.58. The normalized spacial score (nSPS) is 24.4. The number of nitrogens with two attached hydrogens (primary N) is 1. The minimum atomic E-state index is -0.147. The predicted molar refractivity (Wildman–Crippen MR) is 85.1 cm³/mol. The van der Waals surface area contributed by atoms with Crippen molar-refractivity contribution in [3.05, 3.63) is 27.7 Å². The van der Waals surface area contributed by atoms with E-state index in [9.17, 15) is 4.79 Å². The second kappa shape index (κ2) is 6.36. The number of rotatable bonds is 4. The number of carbonyl (C=O) groups is 1. The highest BCUT2D eigenvalue weighted by atomic mass is 79.9. The molecule has 1 fully saturated rings. The number of carbonyl (C=O) groups excluding carboxylic acids is 1. The van der Waals surface area contributed by atoms with Gasteiger partial charge in [0.15, 0.2) is 0 Å². The van der Waals surface area contributed by atoms with Gasteiger partial charge in [0.05, 0.1) is 6.61 Å². The van der Waals surface area contributed by atoms with Gasteiger partial charge in [0.1, 0.15) is 5.75 Å². The number of hydrogen-bond donors (Lipinski definition) is 2. The maximum atomic E-state index is 11.2. The van der Waals surface area contributed by atoms with Gasteiger partial charge in [-0.25, -0.2) is 0 Å². The molecule has 0 atom stereocenters. The Kier molecular flexibility index (Phi) is 4.50. The van der Waals surface area contributed by atoms with Crippen molar-refractivity contribution in [3.8, 4) is 5.75 Å². The summed E-state index contributed by atoms with van der Waals surface area (Å²) in [5.74, 6) is 0.977. The number of primary amides is 1. The van der Waals surface area contributed by atoms with Crippen LogP contribution in [0, 0.1) is 5.92 Å². The summed E-state index contributed by atoms with van der Waals surface area (Å²) in [4.78, 5) is 11.2. The van der Waals surface area contributed by atoms with Gasteiger partial charge in [-0.05, 0) is 43.4 Å². The molecule has 0 spiro atoms. The van der Waals surface area contributed by atoms with Gasteiger partial charge in [-0.3, -0.25) is 4.79 Å². The largest absolute Gasteiger partial charge is 0.493 e. The van der Waals surface area contributed by atoms with Gasteiger partial charge in [-0.1, -0.05) is 15.9 Å². The third-order valence-electron chi connectivity index (χ3n) is 4.54. The highest BCUT2D eigenvalue weighted by Gasteiger charge is 2.25. The Hall–Kier alpha value is -1.07. The van der Waals surface area contributed by atoms with Crippen molar-refractivity contribution in [1.82, 2.24) is 5.32 Å². The van der Waals surface area contributed by atoms with Crippen LogP contribution in [-0.4, -0.2) is 18.6 Å². The van der Waals surface area contributed by atoms with E-state index in [0.717, 1.165) is 55.5 Å². The average molecular weight is 353 g/mol. The van der Waals surface area contributed by atoms with E-state index in [1.165, 1.54) is 11.1 Å². The quantitative estimate of drug-likeness (QED) is 0.874. The van der Waals surface area contributed by atoms with Crippen LogP contribution in [0.25, 0.3) is 0 Å². The van der Waals surface area contributed by atoms with E-state index >= 15 is 0 Å². The fraction of sp³-hybridized carbons (Fsp3) is 0.562. The van der Waals surface area contributed by atoms with Crippen LogP contribution in [0.1, 0.15) is 36.8 Å². The summed E-state index contributed by atoms with van der Waals surface area (Å²) in [5, 5.41) is 3.60. The van der Waals surface area contributed by atoms with Gasteiger partial charge in [0, 0.05) is 35.0 Å². The molecule has 1 aliphatic heterocycles. The fourth-order valence-electron chi connectivity index (χ4n) is 3.31. The minimum Gasteiger partial charge on any atom is -0.493 e. The van der Waals surface area contributed by atoms with E-state index in [-0.39, 0.29) is 11.8 Å². The number of hydrogen-bond acceptors (Lipinski definition) is 3. The molecule has 0 saturated heterocycles. The first-order valence-electron chi connectivity index (χ1n) is 7.60. The van der Waals surface area contributed by atoms with Crippen molar-refractivity contribution in [3.63, 3.8) is 0 Å². The molecular weight excluding hydrogens is 332 g/mol. The lowest BCUT2D eigenvalue weighted by molar-refractivity contribution is -0.122. The predicted octanol–water partition coefficient (Wildman–Crippen LogP) is 2.52. The molecule has 0 unspecified atom stereocenters. The first kappa shape index (κ1) is 14.9. The summed E-state index contributed by atoms with van der Waals surface area (Å²) in [6.07, 6.45) is 4.83. The van der Waals surface area contributed by atoms with Crippen molar-refractivity contribution >= 4 is 21.8 Å². The van der Waals surface area contributed by atoms with E-state index in [2.05, 4.69) is 33.4 Å². The van der Waals surface area contributed by atoms with Crippen molar-refractivity contribution in [2.45, 2.75) is 44.7 Å². The molecule has 1 aromatic carbocycles. The first-order valence-corrected chi connectivity index (χ1v) is 8.39. The Morgan fingerprint density at radius 2 is 2.10 bits per heavy atom. The second-order valence-electron chi connectivity index (χ2n) is 5.98. The molecule has 1 saturated carbocycles. The zero-order chi connectivity index (χ0) is 14.8. The molecule has 1 aliphatic carbocycles. The molecule has 1 heterocycles. The maximum absolute atomic E-state index is 11.2. The van der Waals surface area contributed by atoms with Crippen molar-refractivity contribution in [1.29, 1.82) is 0 Å². The highest BCUT2D eigenvalue weighted by molar-refractivity contribution is 9.10. The number of benzene rings is 1. The molecule has 21 heavy (non-hydrogen) atoms. The van der Waals surface area contributed by atoms with Crippen molar-refractivity contribution < 1.29 is 9.53 Å². The molecule has 2 aliphatic rings. The van der Waals surface area contributed by atoms with Crippen LogP contribution in [0.3, 0.4) is 0 Å². The Morgan fingerprint density at radius 1 is 1.33 bits per heavy atom. The van der Waals surface area contributed by atoms with E-state index < -0.39 is 0 Å². The highest BCUT2D eigenvalue weighted by Crippen LogP contribution is 2.33. The SMILES string of the molecule is NC(=O)C1CCC(NCc2cc(Br)cc3c2OCC3)CC1. The van der Waals surface area contributed by atoms with Crippen LogP contribution in [0.4, 0.5) is 0 Å². The van der Waals surface area contributed by atoms with Crippen LogP contribution in [-0.2, 0) is 17.8 Å². The third kappa shape index (κ3) is 3.40. The lowest BCUT2D eigenvalue weighted by Crippen LogP contribution is -2.36. The van der Waals surface area contributed by atoms with E-state index in [1.807, 2.05) is 0 Å². The third-order valence-corrected chi connectivity index (χ3v) is 4.99. The van der Waals surface area contributed by atoms with E-state index in [4.69, 9.17) is 10.5 Å². The molecule has 4 nitrogen and oxygen atoms in total. The van der Waals surface area contributed by atoms with E-state index in [0.29, 0.717) is 6.04 Å². The molecule has 114 valence electrons. The van der Waals surface area contributed by atoms with Gasteiger partial charge in [-0.15, -0.1) is 0 Å². The Labute approximate surface area is 133 Å². The molecule has 0 aromatic heterocycles. The number of ether oxygens (including phenoxy) is 1. The van der Waals surface area contributed by atoms with Gasteiger partial charge >= 0.3 is 0 Å². The Morgan fingerprint density at radius 3 is 2.81 bits per heavy atom. The van der Waals surface area contributed by atoms with E-state index in [1.54, 1.807) is 0 Å². The summed E-state index contributed by atoms with van der Waals surface area (Å²) < 4.78 is 6.86. The maximum Gasteiger partial charge on any atom is 0.220 e. The zero-order valence-electron chi connectivity index (χ0n) is 12.0. The average Bonchev–Trinajstić information content (AvgIpc) is 2.93. The summed E-state index contributed by atoms with van der Waals surface area (Å²) in [6, 6.07) is 4.74. The summed E-state index contributed by atoms with van der Waals surface area (Å²) in [6.45, 7) is 1.59. The van der Waals surface area contributed by atoms with Crippen LogP contribution < -0.4 is 15.8 Å². The zero-order valence-corrected chi connectivity index (χ0v) is 13.6. The summed E-state index contributed by atoms with van der Waals surface area (Å²) >= 11 is 3.57. The van der Waals surface area contributed by atoms with Gasteiger partial charge in [0.2, 0.25) is 5.91 Å². The number of halogens is 1. The van der Waals surface area contributed by atoms with Crippen molar-refractivity contribution in [2.24, 2.45) is 11.7 Å². The molecule has 1 amide bonds. The second-order valence-corrected chi connectivity index (χ2v) is 6.90. The fourth-order valence-corrected chi connectivity index (χ4v) is 3.87. The first-order chi connectivity index (χ1) is 10.1. The van der Waals surface area contributed by atoms with Gasteiger partial charge < -0.3 is 15.8 Å². The van der Waals surface area contributed by atoms with Gasteiger partial charge in [-0.2, -0.15) is 0 Å². The molecule has 5 heteroatoms.